The van der Waals surface area contributed by atoms with Crippen LogP contribution in [0.15, 0.2) is 21.8 Å². The van der Waals surface area contributed by atoms with Crippen molar-refractivity contribution in [2.45, 2.75) is 31.0 Å². The van der Waals surface area contributed by atoms with E-state index in [2.05, 4.69) is 25.9 Å². The Kier molecular flexibility index (Phi) is 3.41. The van der Waals surface area contributed by atoms with Crippen molar-refractivity contribution in [2.24, 2.45) is 0 Å². The van der Waals surface area contributed by atoms with E-state index in [0.717, 1.165) is 0 Å². The second-order valence-corrected chi connectivity index (χ2v) is 6.05. The number of nitrogens with zero attached hydrogens (tertiary/aromatic N) is 2. The number of aromatic amines is 1. The Hall–Kier alpha value is -1.26. The van der Waals surface area contributed by atoms with Crippen molar-refractivity contribution in [1.29, 1.82) is 0 Å². The van der Waals surface area contributed by atoms with Crippen molar-refractivity contribution in [3.8, 4) is 0 Å². The van der Waals surface area contributed by atoms with E-state index in [9.17, 15) is 20.1 Å². The first-order chi connectivity index (χ1) is 9.87. The zero-order valence-electron chi connectivity index (χ0n) is 11.0. The Morgan fingerprint density at radius 1 is 1.62 bits per heavy atom. The Morgan fingerprint density at radius 2 is 2.33 bits per heavy atom. The molecule has 1 aliphatic heterocycles. The van der Waals surface area contributed by atoms with Crippen LogP contribution in [-0.4, -0.2) is 54.3 Å². The zero-order chi connectivity index (χ0) is 15.4. The van der Waals surface area contributed by atoms with E-state index < -0.39 is 30.6 Å². The average molecular weight is 360 g/mol. The molecule has 1 aliphatic rings. The number of hydrogen-bond donors (Lipinski definition) is 4. The number of aliphatic hydroxyl groups is 3. The maximum atomic E-state index is 11.8. The highest BCUT2D eigenvalue weighted by Crippen LogP contribution is 2.40. The fourth-order valence-corrected chi connectivity index (χ4v) is 3.20. The van der Waals surface area contributed by atoms with Crippen LogP contribution in [0.5, 0.6) is 0 Å². The first kappa shape index (κ1) is 14.7. The number of aliphatic hydroxyl groups excluding tert-OH is 2. The molecule has 2 aromatic heterocycles. The molecule has 1 fully saturated rings. The maximum absolute atomic E-state index is 11.8. The first-order valence-corrected chi connectivity index (χ1v) is 7.07. The Bertz CT molecular complexity index is 740. The monoisotopic (exact) mass is 359 g/mol. The van der Waals surface area contributed by atoms with Crippen molar-refractivity contribution in [2.75, 3.05) is 6.61 Å². The predicted octanol–water partition coefficient (Wildman–Crippen LogP) is -0.511. The number of ether oxygens (including phenoxy) is 1. The average Bonchev–Trinajstić information content (AvgIpc) is 2.87. The summed E-state index contributed by atoms with van der Waals surface area (Å²) in [6.07, 6.45) is -0.350. The van der Waals surface area contributed by atoms with Crippen LogP contribution in [0, 0.1) is 0 Å². The summed E-state index contributed by atoms with van der Waals surface area (Å²) in [6.45, 7) is 0.979. The molecule has 0 radical (unpaired) electrons. The third kappa shape index (κ3) is 2.04. The SMILES string of the molecule is CC1(O)C(O)C(CO)OC1n1cc(Br)c2c(=O)[nH]cnc21. The van der Waals surface area contributed by atoms with Gasteiger partial charge in [0, 0.05) is 6.20 Å². The molecule has 0 aliphatic carbocycles. The van der Waals surface area contributed by atoms with Crippen LogP contribution in [-0.2, 0) is 4.74 Å². The molecular formula is C12H14BrN3O5. The summed E-state index contributed by atoms with van der Waals surface area (Å²) in [4.78, 5) is 18.4. The van der Waals surface area contributed by atoms with Crippen LogP contribution in [0.1, 0.15) is 13.2 Å². The van der Waals surface area contributed by atoms with E-state index in [1.807, 2.05) is 0 Å². The number of nitrogens with one attached hydrogen (secondary N) is 1. The first-order valence-electron chi connectivity index (χ1n) is 6.28. The van der Waals surface area contributed by atoms with Gasteiger partial charge >= 0.3 is 0 Å². The van der Waals surface area contributed by atoms with Gasteiger partial charge in [-0.25, -0.2) is 4.98 Å². The fourth-order valence-electron chi connectivity index (χ4n) is 2.62. The van der Waals surface area contributed by atoms with E-state index >= 15 is 0 Å². The molecule has 3 rings (SSSR count). The highest BCUT2D eigenvalue weighted by atomic mass is 79.9. The zero-order valence-corrected chi connectivity index (χ0v) is 12.6. The van der Waals surface area contributed by atoms with Crippen LogP contribution in [0.3, 0.4) is 0 Å². The van der Waals surface area contributed by atoms with Crippen molar-refractivity contribution in [3.05, 3.63) is 27.4 Å². The van der Waals surface area contributed by atoms with Crippen molar-refractivity contribution >= 4 is 27.0 Å². The van der Waals surface area contributed by atoms with Gasteiger partial charge in [-0.05, 0) is 22.9 Å². The maximum Gasteiger partial charge on any atom is 0.261 e. The summed E-state index contributed by atoms with van der Waals surface area (Å²) >= 11 is 3.27. The second kappa shape index (κ2) is 4.89. The van der Waals surface area contributed by atoms with Gasteiger partial charge in [-0.3, -0.25) is 4.79 Å². The molecule has 0 saturated carbocycles. The molecule has 1 saturated heterocycles. The smallest absolute Gasteiger partial charge is 0.261 e. The lowest BCUT2D eigenvalue weighted by Gasteiger charge is -2.27. The van der Waals surface area contributed by atoms with Crippen LogP contribution in [0.25, 0.3) is 11.0 Å². The number of fused-ring (bicyclic) bond motifs is 1. The Labute approximate surface area is 127 Å². The molecule has 0 bridgehead atoms. The number of halogens is 1. The molecule has 4 N–H and O–H groups in total. The molecule has 114 valence electrons. The molecule has 9 heteroatoms. The van der Waals surface area contributed by atoms with Gasteiger partial charge in [0.25, 0.3) is 5.56 Å². The van der Waals surface area contributed by atoms with Gasteiger partial charge in [-0.1, -0.05) is 0 Å². The van der Waals surface area contributed by atoms with Gasteiger partial charge in [0.05, 0.1) is 22.8 Å². The van der Waals surface area contributed by atoms with Gasteiger partial charge < -0.3 is 29.6 Å². The van der Waals surface area contributed by atoms with Gasteiger partial charge in [0.1, 0.15) is 17.8 Å². The molecular weight excluding hydrogens is 346 g/mol. The predicted molar refractivity (Wildman–Crippen MR) is 75.7 cm³/mol. The van der Waals surface area contributed by atoms with Crippen LogP contribution >= 0.6 is 15.9 Å². The molecule has 4 atom stereocenters. The molecule has 3 heterocycles. The quantitative estimate of drug-likeness (QED) is 0.573. The van der Waals surface area contributed by atoms with Crippen molar-refractivity contribution < 1.29 is 20.1 Å². The van der Waals surface area contributed by atoms with Crippen LogP contribution in [0.4, 0.5) is 0 Å². The van der Waals surface area contributed by atoms with Gasteiger partial charge in [0.2, 0.25) is 0 Å². The summed E-state index contributed by atoms with van der Waals surface area (Å²) < 4.78 is 7.48. The van der Waals surface area contributed by atoms with Gasteiger partial charge in [-0.2, -0.15) is 0 Å². The largest absolute Gasteiger partial charge is 0.394 e. The fraction of sp³-hybridized carbons (Fsp3) is 0.500. The Morgan fingerprint density at radius 3 is 2.95 bits per heavy atom. The highest BCUT2D eigenvalue weighted by molar-refractivity contribution is 9.10. The van der Waals surface area contributed by atoms with Crippen molar-refractivity contribution in [3.63, 3.8) is 0 Å². The molecule has 0 spiro atoms. The summed E-state index contributed by atoms with van der Waals surface area (Å²) in [5, 5.41) is 30.0. The molecule has 8 nitrogen and oxygen atoms in total. The minimum Gasteiger partial charge on any atom is -0.394 e. The normalized spacial score (nSPS) is 32.9. The highest BCUT2D eigenvalue weighted by Gasteiger charge is 2.53. The topological polar surface area (TPSA) is 121 Å². The van der Waals surface area contributed by atoms with Gasteiger partial charge in [0.15, 0.2) is 11.9 Å². The van der Waals surface area contributed by atoms with Crippen molar-refractivity contribution in [1.82, 2.24) is 14.5 Å². The molecule has 4 unspecified atom stereocenters. The molecule has 0 amide bonds. The number of rotatable bonds is 2. The van der Waals surface area contributed by atoms with E-state index in [-0.39, 0.29) is 5.56 Å². The minimum atomic E-state index is -1.64. The van der Waals surface area contributed by atoms with Gasteiger partial charge in [-0.15, -0.1) is 0 Å². The summed E-state index contributed by atoms with van der Waals surface area (Å²) in [7, 11) is 0. The second-order valence-electron chi connectivity index (χ2n) is 5.19. The minimum absolute atomic E-state index is 0.307. The molecule has 21 heavy (non-hydrogen) atoms. The third-order valence-corrected chi connectivity index (χ3v) is 4.36. The number of aromatic nitrogens is 3. The summed E-state index contributed by atoms with van der Waals surface area (Å²) in [5.41, 5.74) is -1.66. The summed E-state index contributed by atoms with van der Waals surface area (Å²) in [6, 6.07) is 0. The van der Waals surface area contributed by atoms with E-state index in [1.54, 1.807) is 6.20 Å². The lowest BCUT2D eigenvalue weighted by atomic mass is 9.96. The lowest BCUT2D eigenvalue weighted by molar-refractivity contribution is -0.0948. The lowest BCUT2D eigenvalue weighted by Crippen LogP contribution is -2.44. The molecule has 2 aromatic rings. The van der Waals surface area contributed by atoms with E-state index in [1.165, 1.54) is 17.8 Å². The Balaban J connectivity index is 2.18. The van der Waals surface area contributed by atoms with E-state index in [4.69, 9.17) is 4.74 Å². The standard InChI is InChI=1S/C12H14BrN3O5/c1-12(20)8(18)6(3-17)21-11(12)16-2-5(13)7-9(16)14-4-15-10(7)19/h2,4,6,8,11,17-18,20H,3H2,1H3,(H,14,15,19). The summed E-state index contributed by atoms with van der Waals surface area (Å²) in [5.74, 6) is 0. The van der Waals surface area contributed by atoms with E-state index in [0.29, 0.717) is 15.5 Å². The number of hydrogen-bond acceptors (Lipinski definition) is 6. The molecule has 0 aromatic carbocycles. The van der Waals surface area contributed by atoms with Crippen LogP contribution in [0.2, 0.25) is 0 Å². The third-order valence-electron chi connectivity index (χ3n) is 3.76. The number of H-pyrrole nitrogens is 1. The van der Waals surface area contributed by atoms with Crippen LogP contribution < -0.4 is 5.56 Å².